The molecule has 152 valence electrons. The first-order valence-electron chi connectivity index (χ1n) is 10.0. The molecule has 0 saturated carbocycles. The van der Waals surface area contributed by atoms with Gasteiger partial charge in [-0.15, -0.1) is 0 Å². The van der Waals surface area contributed by atoms with Crippen LogP contribution in [0.25, 0.3) is 0 Å². The van der Waals surface area contributed by atoms with Crippen molar-refractivity contribution < 1.29 is 19.4 Å². The zero-order valence-electron chi connectivity index (χ0n) is 16.8. The Morgan fingerprint density at radius 3 is 2.43 bits per heavy atom. The summed E-state index contributed by atoms with van der Waals surface area (Å²) < 4.78 is 11.2. The highest BCUT2D eigenvalue weighted by atomic mass is 16.5. The van der Waals surface area contributed by atoms with Gasteiger partial charge in [0, 0.05) is 22.7 Å². The molecule has 0 radical (unpaired) electrons. The average Bonchev–Trinajstić information content (AvgIpc) is 3.17. The number of fused-ring (bicyclic) bond motifs is 5. The second-order valence-electron chi connectivity index (χ2n) is 7.81. The van der Waals surface area contributed by atoms with Crippen LogP contribution in [-0.4, -0.2) is 20.2 Å². The summed E-state index contributed by atoms with van der Waals surface area (Å²) in [4.78, 5) is 11.9. The summed E-state index contributed by atoms with van der Waals surface area (Å²) in [5.74, 6) is 0.454. The van der Waals surface area contributed by atoms with Gasteiger partial charge >= 0.3 is 0 Å². The summed E-state index contributed by atoms with van der Waals surface area (Å²) in [5.41, 5.74) is 5.33. The molecule has 0 saturated heterocycles. The summed E-state index contributed by atoms with van der Waals surface area (Å²) >= 11 is 0. The Bertz CT molecular complexity index is 1140. The van der Waals surface area contributed by atoms with E-state index >= 15 is 0 Å². The summed E-state index contributed by atoms with van der Waals surface area (Å²) in [6.07, 6.45) is 0.897. The van der Waals surface area contributed by atoms with Crippen LogP contribution in [0, 0.1) is 5.92 Å². The molecule has 5 rings (SSSR count). The van der Waals surface area contributed by atoms with Crippen molar-refractivity contribution in [3.05, 3.63) is 88.5 Å². The number of para-hydroxylation sites is 2. The zero-order valence-corrected chi connectivity index (χ0v) is 16.8. The topological polar surface area (TPSA) is 70.6 Å². The monoisotopic (exact) mass is 400 g/mol. The van der Waals surface area contributed by atoms with E-state index in [2.05, 4.69) is 23.5 Å². The molecule has 1 aliphatic heterocycles. The molecule has 1 heterocycles. The molecule has 1 N–H and O–H groups in total. The minimum Gasteiger partial charge on any atom is -0.545 e. The van der Waals surface area contributed by atoms with Gasteiger partial charge < -0.3 is 24.7 Å². The van der Waals surface area contributed by atoms with Crippen LogP contribution in [0.1, 0.15) is 44.6 Å². The van der Waals surface area contributed by atoms with Gasteiger partial charge in [-0.2, -0.15) is 0 Å². The van der Waals surface area contributed by atoms with Crippen LogP contribution in [0.4, 0.5) is 5.69 Å². The molecule has 3 atom stereocenters. The SMILES string of the molecule is COc1cccc([C@@H]2Nc3c(C(=O)[O-])cccc3[C@H]3c4ccccc4C[C@@H]32)c1OC. The molecular formula is C25H22NO4-. The Balaban J connectivity index is 1.74. The molecular weight excluding hydrogens is 378 g/mol. The molecule has 0 unspecified atom stereocenters. The number of carbonyl (C=O) groups excluding carboxylic acids is 1. The zero-order chi connectivity index (χ0) is 20.8. The molecule has 1 aliphatic carbocycles. The van der Waals surface area contributed by atoms with E-state index in [9.17, 15) is 9.90 Å². The van der Waals surface area contributed by atoms with Gasteiger partial charge in [0.2, 0.25) is 0 Å². The average molecular weight is 400 g/mol. The third kappa shape index (κ3) is 2.65. The number of nitrogens with one attached hydrogen (secondary N) is 1. The van der Waals surface area contributed by atoms with E-state index in [1.54, 1.807) is 26.4 Å². The van der Waals surface area contributed by atoms with Gasteiger partial charge in [0.1, 0.15) is 0 Å². The number of benzene rings is 3. The predicted molar refractivity (Wildman–Crippen MR) is 112 cm³/mol. The number of hydrogen-bond donors (Lipinski definition) is 1. The maximum Gasteiger partial charge on any atom is 0.165 e. The fourth-order valence-electron chi connectivity index (χ4n) is 5.22. The van der Waals surface area contributed by atoms with Crippen molar-refractivity contribution in [3.63, 3.8) is 0 Å². The predicted octanol–water partition coefficient (Wildman–Crippen LogP) is 3.54. The quantitative estimate of drug-likeness (QED) is 0.725. The van der Waals surface area contributed by atoms with E-state index in [4.69, 9.17) is 9.47 Å². The van der Waals surface area contributed by atoms with E-state index in [1.165, 1.54) is 11.1 Å². The van der Waals surface area contributed by atoms with Gasteiger partial charge in [-0.05, 0) is 35.1 Å². The Labute approximate surface area is 175 Å². The molecule has 30 heavy (non-hydrogen) atoms. The van der Waals surface area contributed by atoms with Crippen molar-refractivity contribution in [3.8, 4) is 11.5 Å². The minimum atomic E-state index is -1.18. The van der Waals surface area contributed by atoms with Gasteiger partial charge in [-0.25, -0.2) is 0 Å². The lowest BCUT2D eigenvalue weighted by atomic mass is 9.74. The Morgan fingerprint density at radius 1 is 0.933 bits per heavy atom. The van der Waals surface area contributed by atoms with Crippen molar-refractivity contribution in [2.45, 2.75) is 18.4 Å². The fraction of sp³-hybridized carbons (Fsp3) is 0.240. The van der Waals surface area contributed by atoms with Gasteiger partial charge in [0.05, 0.1) is 26.2 Å². The number of hydrogen-bond acceptors (Lipinski definition) is 5. The smallest absolute Gasteiger partial charge is 0.165 e. The molecule has 5 nitrogen and oxygen atoms in total. The number of anilines is 1. The van der Waals surface area contributed by atoms with Gasteiger partial charge in [-0.1, -0.05) is 54.6 Å². The van der Waals surface area contributed by atoms with Gasteiger partial charge in [0.25, 0.3) is 0 Å². The standard InChI is InChI=1S/C25H23NO4/c1-29-20-12-6-10-17(24(20)30-2)23-19-13-14-7-3-4-8-15(14)21(19)16-9-5-11-18(25(27)28)22(16)26-23/h3-12,19,21,23,26H,13H2,1-2H3,(H,27,28)/p-1/t19-,21+,23-/m0/s1. The number of carboxylic acid groups (broad SMARTS) is 1. The number of carbonyl (C=O) groups is 1. The van der Waals surface area contributed by atoms with E-state index in [1.807, 2.05) is 30.3 Å². The molecule has 3 aromatic carbocycles. The third-order valence-electron chi connectivity index (χ3n) is 6.42. The molecule has 0 amide bonds. The molecule has 0 bridgehead atoms. The van der Waals surface area contributed by atoms with E-state index < -0.39 is 5.97 Å². The number of carboxylic acids is 1. The maximum absolute atomic E-state index is 11.9. The van der Waals surface area contributed by atoms with Crippen LogP contribution in [0.2, 0.25) is 0 Å². The van der Waals surface area contributed by atoms with Crippen LogP contribution in [0.15, 0.2) is 60.7 Å². The molecule has 2 aliphatic rings. The molecule has 0 spiro atoms. The maximum atomic E-state index is 11.9. The first-order chi connectivity index (χ1) is 14.6. The first kappa shape index (κ1) is 18.6. The van der Waals surface area contributed by atoms with Crippen molar-refractivity contribution >= 4 is 11.7 Å². The number of ether oxygens (including phenoxy) is 2. The highest BCUT2D eigenvalue weighted by Crippen LogP contribution is 2.55. The summed E-state index contributed by atoms with van der Waals surface area (Å²) in [7, 11) is 3.25. The highest BCUT2D eigenvalue weighted by Gasteiger charge is 2.44. The van der Waals surface area contributed by atoms with Crippen LogP contribution in [0.3, 0.4) is 0 Å². The van der Waals surface area contributed by atoms with Crippen LogP contribution >= 0.6 is 0 Å². The molecule has 0 fully saturated rings. The van der Waals surface area contributed by atoms with Crippen LogP contribution < -0.4 is 19.9 Å². The lowest BCUT2D eigenvalue weighted by molar-refractivity contribution is -0.254. The Hall–Kier alpha value is -3.47. The number of methoxy groups -OCH3 is 2. The Morgan fingerprint density at radius 2 is 1.67 bits per heavy atom. The largest absolute Gasteiger partial charge is 0.545 e. The minimum absolute atomic E-state index is 0.0951. The highest BCUT2D eigenvalue weighted by molar-refractivity contribution is 5.94. The lowest BCUT2D eigenvalue weighted by Crippen LogP contribution is -2.33. The van der Waals surface area contributed by atoms with Crippen LogP contribution in [0.5, 0.6) is 11.5 Å². The van der Waals surface area contributed by atoms with Gasteiger partial charge in [0.15, 0.2) is 11.5 Å². The fourth-order valence-corrected chi connectivity index (χ4v) is 5.22. The van der Waals surface area contributed by atoms with Crippen molar-refractivity contribution in [2.75, 3.05) is 19.5 Å². The summed E-state index contributed by atoms with van der Waals surface area (Å²) in [6.45, 7) is 0. The lowest BCUT2D eigenvalue weighted by Gasteiger charge is -2.39. The normalized spacial score (nSPS) is 21.1. The summed E-state index contributed by atoms with van der Waals surface area (Å²) in [5, 5.41) is 15.4. The third-order valence-corrected chi connectivity index (χ3v) is 6.42. The molecule has 3 aromatic rings. The molecule has 0 aromatic heterocycles. The van der Waals surface area contributed by atoms with Gasteiger partial charge in [-0.3, -0.25) is 0 Å². The Kier molecular flexibility index (Phi) is 4.39. The number of rotatable bonds is 4. The first-order valence-corrected chi connectivity index (χ1v) is 10.0. The number of aromatic carboxylic acids is 1. The van der Waals surface area contributed by atoms with E-state index in [-0.39, 0.29) is 23.4 Å². The summed E-state index contributed by atoms with van der Waals surface area (Å²) in [6, 6.07) is 19.5. The van der Waals surface area contributed by atoms with Crippen LogP contribution in [-0.2, 0) is 6.42 Å². The second-order valence-corrected chi connectivity index (χ2v) is 7.81. The van der Waals surface area contributed by atoms with Crippen molar-refractivity contribution in [2.24, 2.45) is 5.92 Å². The van der Waals surface area contributed by atoms with Crippen molar-refractivity contribution in [1.29, 1.82) is 0 Å². The second kappa shape index (κ2) is 7.10. The van der Waals surface area contributed by atoms with E-state index in [0.29, 0.717) is 17.2 Å². The van der Waals surface area contributed by atoms with Crippen molar-refractivity contribution in [1.82, 2.24) is 0 Å². The van der Waals surface area contributed by atoms with E-state index in [0.717, 1.165) is 17.5 Å². The molecule has 5 heteroatoms.